The number of carboxylic acid groups (broad SMARTS) is 4. The molecule has 64 heavy (non-hydrogen) atoms. The third-order valence-corrected chi connectivity index (χ3v) is 4.10. The summed E-state index contributed by atoms with van der Waals surface area (Å²) in [4.78, 5) is 56.1. The molecule has 0 rings (SSSR count). The van der Waals surface area contributed by atoms with Gasteiger partial charge in [-0.2, -0.15) is 14.2 Å². The quantitative estimate of drug-likeness (QED) is 0.0674. The molecule has 4 radical (unpaired) electrons. The standard InChI is InChI=1S/2C6H12O4.4C5H10O2.2CH3O.2Dy.2Fe.2NO3/c2*7-1-3-9-5-6-10-4-2-8;4*1-5(2,3)4(6)7;2*1-2;;;;;2*2-1(3)4/h2*1-6H2;4*1-3H3,(H,6,7);2*1H3;;;;;;/q2*-2;;;;;2*-1;4*+3;2*-1/p-4. The van der Waals surface area contributed by atoms with Gasteiger partial charge in [-0.25, -0.2) is 0 Å². The second-order valence-electron chi connectivity index (χ2n) is 13.9. The van der Waals surface area contributed by atoms with Crippen LogP contribution in [0.5, 0.6) is 0 Å². The molecule has 392 valence electrons. The van der Waals surface area contributed by atoms with Gasteiger partial charge >= 0.3 is 110 Å². The fourth-order valence-corrected chi connectivity index (χ4v) is 0.880. The minimum atomic E-state index is -1.75. The summed E-state index contributed by atoms with van der Waals surface area (Å²) < 4.78 is 19.2. The molecule has 0 bridgehead atoms. The van der Waals surface area contributed by atoms with E-state index in [1.165, 1.54) is 0 Å². The molecule has 26 nitrogen and oxygen atoms in total. The van der Waals surface area contributed by atoms with Gasteiger partial charge in [0.15, 0.2) is 0 Å². The maximum atomic E-state index is 9.91. The predicted molar refractivity (Wildman–Crippen MR) is 193 cm³/mol. The number of hydrogen-bond donors (Lipinski definition) is 0. The van der Waals surface area contributed by atoms with Crippen molar-refractivity contribution < 1.29 is 210 Å². The van der Waals surface area contributed by atoms with Crippen LogP contribution < -0.4 is 51.1 Å². The Morgan fingerprint density at radius 1 is 0.359 bits per heavy atom. The van der Waals surface area contributed by atoms with Crippen molar-refractivity contribution in [3.63, 3.8) is 0 Å². The van der Waals surface area contributed by atoms with E-state index in [9.17, 15) is 60.0 Å². The zero-order valence-electron chi connectivity index (χ0n) is 38.5. The second-order valence-corrected chi connectivity index (χ2v) is 13.9. The third-order valence-electron chi connectivity index (χ3n) is 4.10. The molecular weight excluding hydrogens is 1260 g/mol. The van der Waals surface area contributed by atoms with Crippen molar-refractivity contribution in [3.8, 4) is 0 Å². The fraction of sp³-hybridized carbons (Fsp3) is 0.882. The van der Waals surface area contributed by atoms with Gasteiger partial charge in [0.05, 0.1) is 36.6 Å². The Morgan fingerprint density at radius 3 is 0.484 bits per heavy atom. The van der Waals surface area contributed by atoms with Crippen LogP contribution in [0.1, 0.15) is 83.1 Å². The van der Waals surface area contributed by atoms with Gasteiger partial charge < -0.3 is 120 Å². The van der Waals surface area contributed by atoms with E-state index in [1.807, 2.05) is 0 Å². The van der Waals surface area contributed by atoms with E-state index in [0.29, 0.717) is 26.4 Å². The van der Waals surface area contributed by atoms with Gasteiger partial charge in [0.25, 0.3) is 0 Å². The van der Waals surface area contributed by atoms with Crippen molar-refractivity contribution in [1.82, 2.24) is 0 Å². The van der Waals surface area contributed by atoms with E-state index >= 15 is 0 Å². The average molecular weight is 1320 g/mol. The maximum Gasteiger partial charge on any atom is 3.00 e. The molecule has 0 aliphatic heterocycles. The molecule has 0 aliphatic carbocycles. The van der Waals surface area contributed by atoms with Gasteiger partial charge in [0, 0.05) is 72.0 Å². The van der Waals surface area contributed by atoms with Gasteiger partial charge in [-0.05, 0) is 0 Å². The molecule has 0 fully saturated rings. The van der Waals surface area contributed by atoms with Crippen molar-refractivity contribution in [2.75, 3.05) is 93.5 Å². The molecule has 0 heterocycles. The number of carbonyl (C=O) groups excluding carboxylic acids is 4. The van der Waals surface area contributed by atoms with Crippen LogP contribution in [0.4, 0.5) is 0 Å². The van der Waals surface area contributed by atoms with Gasteiger partial charge in [0.1, 0.15) is 0 Å². The van der Waals surface area contributed by atoms with E-state index < -0.39 is 55.7 Å². The van der Waals surface area contributed by atoms with Gasteiger partial charge in [0.2, 0.25) is 0 Å². The first-order valence-electron chi connectivity index (χ1n) is 17.0. The van der Waals surface area contributed by atoms with E-state index in [1.54, 1.807) is 83.1 Å². The van der Waals surface area contributed by atoms with Crippen LogP contribution in [0.3, 0.4) is 0 Å². The molecule has 0 atom stereocenters. The van der Waals surface area contributed by atoms with Crippen LogP contribution in [0.25, 0.3) is 0 Å². The summed E-state index contributed by atoms with van der Waals surface area (Å²) >= 11 is 0. The number of aliphatic carboxylic acids is 4. The van der Waals surface area contributed by atoms with Gasteiger partial charge in [-0.1, -0.05) is 83.1 Å². The molecule has 0 aromatic heterocycles. The molecule has 0 unspecified atom stereocenters. The van der Waals surface area contributed by atoms with Crippen LogP contribution in [0.15, 0.2) is 0 Å². The summed E-state index contributed by atoms with van der Waals surface area (Å²) in [5, 5.41) is 125. The van der Waals surface area contributed by atoms with Crippen molar-refractivity contribution in [2.45, 2.75) is 83.1 Å². The van der Waals surface area contributed by atoms with E-state index in [2.05, 4.69) is 0 Å². The Kier molecular flexibility index (Phi) is 113. The zero-order chi connectivity index (χ0) is 50.8. The normalized spacial score (nSPS) is 9.06. The van der Waals surface area contributed by atoms with Gasteiger partial charge in [-0.15, -0.1) is 26.4 Å². The van der Waals surface area contributed by atoms with Crippen molar-refractivity contribution in [2.24, 2.45) is 21.7 Å². The molecule has 0 aromatic carbocycles. The zero-order valence-corrected chi connectivity index (χ0v) is 44.8. The molecular formula is C34H66Dy2Fe2N2O24. The molecule has 30 heteroatoms. The molecule has 0 spiro atoms. The van der Waals surface area contributed by atoms with Gasteiger partial charge in [-0.3, -0.25) is 0 Å². The minimum absolute atomic E-state index is 0. The molecule has 0 aliphatic rings. The van der Waals surface area contributed by atoms with Crippen LogP contribution in [0, 0.1) is 129 Å². The molecule has 0 N–H and O–H groups in total. The molecule has 0 aromatic rings. The number of nitrogens with zero attached hydrogens (tertiary/aromatic N) is 2. The average Bonchev–Trinajstić information content (AvgIpc) is 3.09. The van der Waals surface area contributed by atoms with E-state index in [4.69, 9.17) is 59.8 Å². The van der Waals surface area contributed by atoms with Crippen molar-refractivity contribution in [3.05, 3.63) is 30.6 Å². The van der Waals surface area contributed by atoms with Crippen LogP contribution in [-0.2, 0) is 72.3 Å². The SMILES string of the molecule is CC(C)(C)C(=O)[O-].CC(C)(C)C(=O)[O-].CC(C)(C)C(=O)[O-].CC(C)(C)C(=O)[O-].C[O-].C[O-].O=[N+]([O-])[O-].O=[N+]([O-])[O-].[Dy+3].[Dy+3].[Fe+3].[Fe+3].[O-]CCOCCOCC[O-].[O-]CCOCCOCC[O-]. The summed E-state index contributed by atoms with van der Waals surface area (Å²) in [7, 11) is 1.50. The Labute approximate surface area is 458 Å². The summed E-state index contributed by atoms with van der Waals surface area (Å²) in [5.41, 5.74) is -2.78. The topological polar surface area (TPSA) is 468 Å². The number of carboxylic acids is 4. The number of hydrogen-bond acceptors (Lipinski definition) is 24. The van der Waals surface area contributed by atoms with E-state index in [0.717, 1.165) is 14.2 Å². The van der Waals surface area contributed by atoms with Crippen LogP contribution in [-0.4, -0.2) is 128 Å². The Morgan fingerprint density at radius 2 is 0.438 bits per heavy atom. The fourth-order valence-electron chi connectivity index (χ4n) is 0.880. The summed E-state index contributed by atoms with van der Waals surface area (Å²) in [6.45, 7) is 20.8. The summed E-state index contributed by atoms with van der Waals surface area (Å²) in [5.74, 6) is -4.03. The number of ether oxygens (including phenoxy) is 4. The first kappa shape index (κ1) is 101. The predicted octanol–water partition coefficient (Wildman–Crippen LogP) is -7.92. The van der Waals surface area contributed by atoms with Crippen molar-refractivity contribution in [1.29, 1.82) is 0 Å². The molecule has 0 saturated heterocycles. The molecule has 0 saturated carbocycles. The first-order valence-corrected chi connectivity index (χ1v) is 17.0. The first-order chi connectivity index (χ1) is 27.1. The minimum Gasteiger partial charge on any atom is -0.857 e. The van der Waals surface area contributed by atoms with Crippen LogP contribution >= 0.6 is 0 Å². The Balaban J connectivity index is -0.0000000369. The number of rotatable bonds is 14. The summed E-state index contributed by atoms with van der Waals surface area (Å²) in [6.07, 6.45) is 0. The largest absolute Gasteiger partial charge is 3.00 e. The maximum absolute atomic E-state index is 9.91. The second kappa shape index (κ2) is 71.5. The Hall–Kier alpha value is -0.536. The summed E-state index contributed by atoms with van der Waals surface area (Å²) in [6, 6.07) is 0. The van der Waals surface area contributed by atoms with Crippen molar-refractivity contribution >= 4 is 23.9 Å². The Bertz CT molecular complexity index is 835. The monoisotopic (exact) mass is 1330 g/mol. The van der Waals surface area contributed by atoms with Crippen LogP contribution in [0.2, 0.25) is 0 Å². The third kappa shape index (κ3) is 160. The van der Waals surface area contributed by atoms with E-state index in [-0.39, 0.29) is 163 Å². The molecule has 0 amide bonds. The smallest absolute Gasteiger partial charge is 0.857 e. The number of carbonyl (C=O) groups is 4.